The van der Waals surface area contributed by atoms with Gasteiger partial charge in [-0.25, -0.2) is 4.98 Å². The fourth-order valence-electron chi connectivity index (χ4n) is 4.35. The van der Waals surface area contributed by atoms with E-state index in [1.807, 2.05) is 17.7 Å². The average molecular weight is 490 g/mol. The molecule has 0 aliphatic carbocycles. The van der Waals surface area contributed by atoms with Crippen LogP contribution in [0.25, 0.3) is 11.2 Å². The minimum Gasteiger partial charge on any atom is -0.456 e. The standard InChI is InChI=1S/C26H31N7O3/c1-16(34)10-17-11-19(6-8-27-17)36-20-12-21-24(28-14-20)30-25(32(21)5)29-23-13-22(26(2,3)4)33(31-23)18-7-9-35-15-18/h6,8,11-14,18H,7,9-10,15H2,1-5H3,(H,28,29,30,31)/t18-/m1/s1. The number of ketones is 1. The minimum atomic E-state index is -0.0626. The summed E-state index contributed by atoms with van der Waals surface area (Å²) in [4.78, 5) is 24.8. The number of imidazole rings is 1. The van der Waals surface area contributed by atoms with Gasteiger partial charge in [-0.05, 0) is 19.4 Å². The first kappa shape index (κ1) is 23.9. The molecule has 0 unspecified atom stereocenters. The lowest BCUT2D eigenvalue weighted by Gasteiger charge is -2.22. The molecule has 1 saturated heterocycles. The molecule has 1 aliphatic rings. The van der Waals surface area contributed by atoms with Crippen LogP contribution in [0.1, 0.15) is 51.5 Å². The third-order valence-electron chi connectivity index (χ3n) is 6.16. The number of nitrogens with one attached hydrogen (secondary N) is 1. The fraction of sp³-hybridized carbons (Fsp3) is 0.423. The summed E-state index contributed by atoms with van der Waals surface area (Å²) in [5, 5.41) is 8.24. The summed E-state index contributed by atoms with van der Waals surface area (Å²) < 4.78 is 15.6. The van der Waals surface area contributed by atoms with E-state index in [-0.39, 0.29) is 23.7 Å². The first-order valence-corrected chi connectivity index (χ1v) is 12.1. The Hall–Kier alpha value is -3.79. The van der Waals surface area contributed by atoms with Crippen LogP contribution in [0.2, 0.25) is 0 Å². The highest BCUT2D eigenvalue weighted by Crippen LogP contribution is 2.32. The van der Waals surface area contributed by atoms with Crippen molar-refractivity contribution in [3.8, 4) is 11.5 Å². The molecule has 4 aromatic rings. The van der Waals surface area contributed by atoms with E-state index < -0.39 is 0 Å². The number of carbonyl (C=O) groups excluding carboxylic acids is 1. The number of Topliss-reactive ketones (excluding diaryl/α,β-unsaturated/α-hetero) is 1. The smallest absolute Gasteiger partial charge is 0.210 e. The predicted octanol–water partition coefficient (Wildman–Crippen LogP) is 4.49. The first-order valence-electron chi connectivity index (χ1n) is 12.1. The summed E-state index contributed by atoms with van der Waals surface area (Å²) in [7, 11) is 1.92. The van der Waals surface area contributed by atoms with E-state index >= 15 is 0 Å². The Morgan fingerprint density at radius 1 is 1.22 bits per heavy atom. The lowest BCUT2D eigenvalue weighted by Crippen LogP contribution is -2.22. The van der Waals surface area contributed by atoms with Crippen molar-refractivity contribution in [3.63, 3.8) is 0 Å². The van der Waals surface area contributed by atoms with Gasteiger partial charge in [0.05, 0.1) is 30.1 Å². The number of nitrogens with zero attached hydrogens (tertiary/aromatic N) is 6. The van der Waals surface area contributed by atoms with E-state index in [4.69, 9.17) is 14.6 Å². The number of fused-ring (bicyclic) bond motifs is 1. The zero-order valence-electron chi connectivity index (χ0n) is 21.3. The molecule has 0 radical (unpaired) electrons. The van der Waals surface area contributed by atoms with Crippen LogP contribution in [0, 0.1) is 0 Å². The molecule has 5 heterocycles. The molecule has 0 bridgehead atoms. The van der Waals surface area contributed by atoms with Crippen molar-refractivity contribution in [2.45, 2.75) is 52.0 Å². The second-order valence-corrected chi connectivity index (χ2v) is 10.2. The lowest BCUT2D eigenvalue weighted by atomic mass is 9.91. The SMILES string of the molecule is CC(=O)Cc1cc(Oc2cnc3nc(Nc4cc(C(C)(C)C)n([C@@H]5CCOC5)n4)n(C)c3c2)ccn1. The summed E-state index contributed by atoms with van der Waals surface area (Å²) in [5.74, 6) is 2.58. The van der Waals surface area contributed by atoms with Crippen LogP contribution in [0.5, 0.6) is 11.5 Å². The van der Waals surface area contributed by atoms with Gasteiger partial charge in [-0.3, -0.25) is 14.5 Å². The summed E-state index contributed by atoms with van der Waals surface area (Å²) in [6.45, 7) is 9.54. The largest absolute Gasteiger partial charge is 0.456 e. The van der Waals surface area contributed by atoms with Crippen LogP contribution in [-0.2, 0) is 28.4 Å². The molecule has 1 aliphatic heterocycles. The van der Waals surface area contributed by atoms with E-state index in [2.05, 4.69) is 51.8 Å². The molecule has 188 valence electrons. The number of anilines is 2. The Labute approximate surface area is 209 Å². The molecule has 1 atom stereocenters. The Morgan fingerprint density at radius 3 is 2.78 bits per heavy atom. The molecule has 36 heavy (non-hydrogen) atoms. The zero-order valence-corrected chi connectivity index (χ0v) is 21.3. The number of aromatic nitrogens is 6. The summed E-state index contributed by atoms with van der Waals surface area (Å²) in [5.41, 5.74) is 3.16. The third kappa shape index (κ3) is 4.94. The highest BCUT2D eigenvalue weighted by Gasteiger charge is 2.28. The van der Waals surface area contributed by atoms with Crippen LogP contribution in [0.4, 0.5) is 11.8 Å². The van der Waals surface area contributed by atoms with Crippen molar-refractivity contribution < 1.29 is 14.3 Å². The number of hydrogen-bond donors (Lipinski definition) is 1. The second kappa shape index (κ2) is 9.34. The molecule has 0 aromatic carbocycles. The molecule has 0 saturated carbocycles. The van der Waals surface area contributed by atoms with Crippen molar-refractivity contribution in [1.82, 2.24) is 29.3 Å². The van der Waals surface area contributed by atoms with Crippen molar-refractivity contribution in [3.05, 3.63) is 48.0 Å². The Morgan fingerprint density at radius 2 is 2.06 bits per heavy atom. The van der Waals surface area contributed by atoms with E-state index in [0.717, 1.165) is 30.1 Å². The fourth-order valence-corrected chi connectivity index (χ4v) is 4.35. The highest BCUT2D eigenvalue weighted by molar-refractivity contribution is 5.78. The van der Waals surface area contributed by atoms with E-state index in [0.29, 0.717) is 35.4 Å². The van der Waals surface area contributed by atoms with Gasteiger partial charge in [0.15, 0.2) is 11.5 Å². The van der Waals surface area contributed by atoms with Gasteiger partial charge in [0.1, 0.15) is 17.3 Å². The number of pyridine rings is 2. The molecule has 0 spiro atoms. The third-order valence-corrected chi connectivity index (χ3v) is 6.16. The summed E-state index contributed by atoms with van der Waals surface area (Å²) in [6.07, 6.45) is 4.49. The van der Waals surface area contributed by atoms with Gasteiger partial charge >= 0.3 is 0 Å². The van der Waals surface area contributed by atoms with Crippen LogP contribution < -0.4 is 10.1 Å². The summed E-state index contributed by atoms with van der Waals surface area (Å²) in [6, 6.07) is 7.73. The molecule has 1 N–H and O–H groups in total. The van der Waals surface area contributed by atoms with Crippen LogP contribution in [0.15, 0.2) is 36.7 Å². The van der Waals surface area contributed by atoms with Gasteiger partial charge in [0.25, 0.3) is 0 Å². The number of ether oxygens (including phenoxy) is 2. The Kier molecular flexibility index (Phi) is 6.21. The maximum atomic E-state index is 11.4. The topological polar surface area (TPSA) is 109 Å². The molecule has 5 rings (SSSR count). The monoisotopic (exact) mass is 489 g/mol. The predicted molar refractivity (Wildman–Crippen MR) is 136 cm³/mol. The quantitative estimate of drug-likeness (QED) is 0.405. The highest BCUT2D eigenvalue weighted by atomic mass is 16.5. The van der Waals surface area contributed by atoms with Gasteiger partial charge in [-0.15, -0.1) is 0 Å². The Bertz CT molecular complexity index is 1410. The van der Waals surface area contributed by atoms with E-state index in [1.165, 1.54) is 0 Å². The molecular formula is C26H31N7O3. The van der Waals surface area contributed by atoms with Crippen LogP contribution in [0.3, 0.4) is 0 Å². The molecular weight excluding hydrogens is 458 g/mol. The summed E-state index contributed by atoms with van der Waals surface area (Å²) >= 11 is 0. The van der Waals surface area contributed by atoms with E-state index in [1.54, 1.807) is 31.5 Å². The minimum absolute atomic E-state index is 0.0497. The van der Waals surface area contributed by atoms with Crippen molar-refractivity contribution in [2.75, 3.05) is 18.5 Å². The van der Waals surface area contributed by atoms with Gasteiger partial charge in [-0.1, -0.05) is 20.8 Å². The van der Waals surface area contributed by atoms with Crippen molar-refractivity contribution in [1.29, 1.82) is 0 Å². The zero-order chi connectivity index (χ0) is 25.4. The molecule has 10 heteroatoms. The normalized spacial score (nSPS) is 16.0. The van der Waals surface area contributed by atoms with E-state index in [9.17, 15) is 4.79 Å². The molecule has 1 fully saturated rings. The number of rotatable bonds is 7. The number of hydrogen-bond acceptors (Lipinski definition) is 8. The van der Waals surface area contributed by atoms with Gasteiger partial charge in [0.2, 0.25) is 5.95 Å². The first-order chi connectivity index (χ1) is 17.2. The van der Waals surface area contributed by atoms with Crippen molar-refractivity contribution in [2.24, 2.45) is 7.05 Å². The van der Waals surface area contributed by atoms with Gasteiger partial charge in [0, 0.05) is 55.6 Å². The maximum absolute atomic E-state index is 11.4. The maximum Gasteiger partial charge on any atom is 0.210 e. The van der Waals surface area contributed by atoms with Gasteiger partial charge < -0.3 is 19.4 Å². The molecule has 10 nitrogen and oxygen atoms in total. The Balaban J connectivity index is 1.40. The van der Waals surface area contributed by atoms with Gasteiger partial charge in [-0.2, -0.15) is 10.1 Å². The number of carbonyl (C=O) groups is 1. The van der Waals surface area contributed by atoms with Crippen LogP contribution in [-0.4, -0.2) is 48.3 Å². The lowest BCUT2D eigenvalue weighted by molar-refractivity contribution is -0.116. The molecule has 0 amide bonds. The van der Waals surface area contributed by atoms with Crippen LogP contribution >= 0.6 is 0 Å². The number of aryl methyl sites for hydroxylation is 1. The second-order valence-electron chi connectivity index (χ2n) is 10.2. The van der Waals surface area contributed by atoms with Crippen molar-refractivity contribution >= 4 is 28.7 Å². The molecule has 4 aromatic heterocycles. The average Bonchev–Trinajstić information content (AvgIpc) is 3.54.